The maximum absolute atomic E-state index is 12.6. The van der Waals surface area contributed by atoms with Crippen molar-refractivity contribution in [2.45, 2.75) is 107 Å². The summed E-state index contributed by atoms with van der Waals surface area (Å²) in [5.41, 5.74) is 8.40. The van der Waals surface area contributed by atoms with Crippen molar-refractivity contribution in [3.05, 3.63) is 120 Å². The Morgan fingerprint density at radius 1 is 0.660 bits per heavy atom. The predicted molar refractivity (Wildman–Crippen MR) is 207 cm³/mol. The van der Waals surface area contributed by atoms with E-state index in [0.717, 1.165) is 55.4 Å². The zero-order valence-corrected chi connectivity index (χ0v) is 30.2. The van der Waals surface area contributed by atoms with Gasteiger partial charge in [0.1, 0.15) is 0 Å². The van der Waals surface area contributed by atoms with Crippen LogP contribution >= 0.6 is 11.9 Å². The van der Waals surface area contributed by atoms with E-state index in [4.69, 9.17) is 5.73 Å². The Hall–Kier alpha value is -3.98. The second-order valence-electron chi connectivity index (χ2n) is 12.6. The van der Waals surface area contributed by atoms with Crippen molar-refractivity contribution < 1.29 is 19.5 Å². The summed E-state index contributed by atoms with van der Waals surface area (Å²) in [4.78, 5) is 38.3. The second-order valence-corrected chi connectivity index (χ2v) is 13.5. The lowest BCUT2D eigenvalue weighted by atomic mass is 10.0. The van der Waals surface area contributed by atoms with Gasteiger partial charge in [-0.15, -0.1) is 0 Å². The largest absolute Gasteiger partial charge is 0.392 e. The van der Waals surface area contributed by atoms with Crippen LogP contribution in [0.3, 0.4) is 0 Å². The Morgan fingerprint density at radius 2 is 1.24 bits per heavy atom. The molecule has 0 aliphatic carbocycles. The average Bonchev–Trinajstić information content (AvgIpc) is 3.15. The Labute approximate surface area is 303 Å². The molecule has 1 atom stereocenters. The summed E-state index contributed by atoms with van der Waals surface area (Å²) < 4.78 is 2.90. The van der Waals surface area contributed by atoms with Crippen molar-refractivity contribution in [2.75, 3.05) is 11.9 Å². The molecular weight excluding hydrogens is 643 g/mol. The molecule has 0 aliphatic heterocycles. The molecule has 0 aliphatic rings. The number of aliphatic hydroxyl groups excluding tert-OH is 1. The molecular formula is C42H55N3O4S. The SMILES string of the molecule is NCC(O)CCC/C=C\CCCCCCC/C=C\CCCC(=O)NSc1ccc(NC(=O)CCc2ccc(C(=O)c3ccccc3)cc2)cc1. The van der Waals surface area contributed by atoms with Crippen molar-refractivity contribution >= 4 is 35.2 Å². The number of hydrogen-bond donors (Lipinski definition) is 4. The minimum Gasteiger partial charge on any atom is -0.392 e. The zero-order valence-electron chi connectivity index (χ0n) is 29.4. The fraction of sp³-hybridized carbons (Fsp3) is 0.405. The van der Waals surface area contributed by atoms with E-state index >= 15 is 0 Å². The van der Waals surface area contributed by atoms with Gasteiger partial charge in [-0.2, -0.15) is 0 Å². The van der Waals surface area contributed by atoms with E-state index in [1.165, 1.54) is 44.1 Å². The van der Waals surface area contributed by atoms with E-state index in [1.807, 2.05) is 66.7 Å². The number of allylic oxidation sites excluding steroid dienone is 4. The molecule has 0 saturated carbocycles. The first-order valence-corrected chi connectivity index (χ1v) is 19.0. The van der Waals surface area contributed by atoms with Crippen LogP contribution in [0.25, 0.3) is 0 Å². The molecule has 5 N–H and O–H groups in total. The quantitative estimate of drug-likeness (QED) is 0.0303. The zero-order chi connectivity index (χ0) is 35.7. The van der Waals surface area contributed by atoms with E-state index in [-0.39, 0.29) is 23.7 Å². The van der Waals surface area contributed by atoms with Gasteiger partial charge >= 0.3 is 0 Å². The summed E-state index contributed by atoms with van der Waals surface area (Å²) in [6.45, 7) is 0.352. The number of anilines is 1. The first-order valence-electron chi connectivity index (χ1n) is 18.2. The molecule has 7 nitrogen and oxygen atoms in total. The maximum atomic E-state index is 12.6. The summed E-state index contributed by atoms with van der Waals surface area (Å²) in [5, 5.41) is 12.4. The lowest BCUT2D eigenvalue weighted by Gasteiger charge is -2.08. The number of unbranched alkanes of at least 4 members (excludes halogenated alkanes) is 8. The molecule has 268 valence electrons. The topological polar surface area (TPSA) is 122 Å². The van der Waals surface area contributed by atoms with Gasteiger partial charge in [-0.05, 0) is 106 Å². The monoisotopic (exact) mass is 697 g/mol. The molecule has 2 amide bonds. The molecule has 0 aromatic heterocycles. The van der Waals surface area contributed by atoms with Gasteiger partial charge < -0.3 is 16.2 Å². The van der Waals surface area contributed by atoms with Gasteiger partial charge in [0, 0.05) is 41.1 Å². The average molecular weight is 698 g/mol. The van der Waals surface area contributed by atoms with Crippen LogP contribution in [0.15, 0.2) is 108 Å². The Bertz CT molecular complexity index is 1460. The number of carbonyl (C=O) groups is 3. The lowest BCUT2D eigenvalue weighted by Crippen LogP contribution is -2.18. The fourth-order valence-corrected chi connectivity index (χ4v) is 5.94. The van der Waals surface area contributed by atoms with E-state index < -0.39 is 0 Å². The normalized spacial score (nSPS) is 12.0. The Kier molecular flexibility index (Phi) is 20.3. The number of carbonyl (C=O) groups excluding carboxylic acids is 3. The van der Waals surface area contributed by atoms with Crippen molar-refractivity contribution in [1.29, 1.82) is 0 Å². The van der Waals surface area contributed by atoms with Gasteiger partial charge in [0.2, 0.25) is 11.8 Å². The third-order valence-electron chi connectivity index (χ3n) is 8.34. The lowest BCUT2D eigenvalue weighted by molar-refractivity contribution is -0.119. The highest BCUT2D eigenvalue weighted by atomic mass is 32.2. The van der Waals surface area contributed by atoms with E-state index in [0.29, 0.717) is 42.6 Å². The molecule has 0 heterocycles. The highest BCUT2D eigenvalue weighted by Crippen LogP contribution is 2.19. The van der Waals surface area contributed by atoms with Gasteiger partial charge in [0.05, 0.1) is 6.10 Å². The number of rotatable bonds is 25. The third-order valence-corrected chi connectivity index (χ3v) is 9.18. The maximum Gasteiger partial charge on any atom is 0.230 e. The molecule has 0 radical (unpaired) electrons. The number of nitrogens with two attached hydrogens (primary N) is 1. The van der Waals surface area contributed by atoms with Gasteiger partial charge in [0.15, 0.2) is 5.78 Å². The van der Waals surface area contributed by atoms with E-state index in [1.54, 1.807) is 12.1 Å². The number of ketones is 1. The van der Waals surface area contributed by atoms with Crippen LogP contribution < -0.4 is 15.8 Å². The Morgan fingerprint density at radius 3 is 1.88 bits per heavy atom. The molecule has 1 unspecified atom stereocenters. The molecule has 3 aromatic rings. The van der Waals surface area contributed by atoms with Crippen LogP contribution in [-0.2, 0) is 16.0 Å². The van der Waals surface area contributed by atoms with Gasteiger partial charge in [-0.25, -0.2) is 0 Å². The standard InChI is InChI=1S/C42H55N3O4S/c43-33-38(46)21-17-12-10-8-6-4-2-1-3-5-7-9-11-13-18-22-41(48)45-50-39-30-28-37(29-31-39)44-40(47)32-25-34-23-26-36(27-24-34)42(49)35-19-15-14-16-20-35/h8-11,14-16,19-20,23-24,26-31,38,46H,1-7,12-13,17-18,21-22,25,32-33,43H2,(H,44,47)(H,45,48)/b10-8-,11-9-. The number of nitrogens with one attached hydrogen (secondary N) is 2. The number of hydrogen-bond acceptors (Lipinski definition) is 6. The molecule has 3 rings (SSSR count). The van der Waals surface area contributed by atoms with Crippen LogP contribution in [0.4, 0.5) is 5.69 Å². The van der Waals surface area contributed by atoms with E-state index in [2.05, 4.69) is 34.3 Å². The van der Waals surface area contributed by atoms with Crippen molar-refractivity contribution in [3.63, 3.8) is 0 Å². The van der Waals surface area contributed by atoms with Gasteiger partial charge in [0.25, 0.3) is 0 Å². The highest BCUT2D eigenvalue weighted by Gasteiger charge is 2.09. The molecule has 8 heteroatoms. The molecule has 0 fully saturated rings. The van der Waals surface area contributed by atoms with Crippen molar-refractivity contribution in [2.24, 2.45) is 5.73 Å². The number of benzene rings is 3. The predicted octanol–water partition coefficient (Wildman–Crippen LogP) is 9.12. The minimum absolute atomic E-state index is 0.0125. The van der Waals surface area contributed by atoms with Crippen LogP contribution in [0.5, 0.6) is 0 Å². The van der Waals surface area contributed by atoms with Crippen molar-refractivity contribution in [3.8, 4) is 0 Å². The van der Waals surface area contributed by atoms with E-state index in [9.17, 15) is 19.5 Å². The summed E-state index contributed by atoms with van der Waals surface area (Å²) in [6.07, 6.45) is 23.0. The molecule has 0 saturated heterocycles. The minimum atomic E-state index is -0.354. The molecule has 0 bridgehead atoms. The second kappa shape index (κ2) is 25.0. The first kappa shape index (κ1) is 40.4. The smallest absolute Gasteiger partial charge is 0.230 e. The number of amides is 2. The molecule has 50 heavy (non-hydrogen) atoms. The highest BCUT2D eigenvalue weighted by molar-refractivity contribution is 7.98. The van der Waals surface area contributed by atoms with Gasteiger partial charge in [-0.1, -0.05) is 98.2 Å². The van der Waals surface area contributed by atoms with Crippen molar-refractivity contribution in [1.82, 2.24) is 4.72 Å². The summed E-state index contributed by atoms with van der Waals surface area (Å²) in [5.74, 6) is -0.0859. The first-order chi connectivity index (χ1) is 24.4. The van der Waals surface area contributed by atoms with Crippen LogP contribution in [-0.4, -0.2) is 35.4 Å². The van der Waals surface area contributed by atoms with Crippen LogP contribution in [0, 0.1) is 0 Å². The number of aryl methyl sites for hydroxylation is 1. The summed E-state index contributed by atoms with van der Waals surface area (Å²) in [7, 11) is 0. The summed E-state index contributed by atoms with van der Waals surface area (Å²) >= 11 is 1.29. The summed E-state index contributed by atoms with van der Waals surface area (Å²) in [6, 6.07) is 24.0. The molecule has 3 aromatic carbocycles. The van der Waals surface area contributed by atoms with Crippen LogP contribution in [0.1, 0.15) is 111 Å². The van der Waals surface area contributed by atoms with Crippen LogP contribution in [0.2, 0.25) is 0 Å². The third kappa shape index (κ3) is 17.6. The van der Waals surface area contributed by atoms with Gasteiger partial charge in [-0.3, -0.25) is 19.1 Å². The Balaban J connectivity index is 1.17. The fourth-order valence-electron chi connectivity index (χ4n) is 5.33. The molecule has 0 spiro atoms. The number of aliphatic hydroxyl groups is 1.